The number of aliphatic carboxylic acids is 1. The molecule has 0 heterocycles. The van der Waals surface area contributed by atoms with E-state index in [4.69, 9.17) is 5.11 Å². The van der Waals surface area contributed by atoms with Gasteiger partial charge in [-0.2, -0.15) is 0 Å². The molecule has 0 saturated carbocycles. The van der Waals surface area contributed by atoms with Crippen molar-refractivity contribution in [1.82, 2.24) is 0 Å². The molecule has 0 fully saturated rings. The number of nitro benzene ring substituents is 1. The monoisotopic (exact) mass is 245 g/mol. The molecule has 0 radical (unpaired) electrons. The number of nitro groups is 1. The minimum absolute atomic E-state index is 0.0980. The van der Waals surface area contributed by atoms with Gasteiger partial charge >= 0.3 is 5.97 Å². The lowest BCUT2D eigenvalue weighted by atomic mass is 10.3. The van der Waals surface area contributed by atoms with E-state index >= 15 is 0 Å². The number of hydrogen-bond acceptors (Lipinski definition) is 4. The third kappa shape index (κ3) is 3.50. The number of rotatable bonds is 5. The molecule has 1 aromatic carbocycles. The van der Waals surface area contributed by atoms with E-state index in [9.17, 15) is 19.3 Å². The zero-order valence-corrected chi connectivity index (χ0v) is 8.87. The highest BCUT2D eigenvalue weighted by Gasteiger charge is 2.15. The second kappa shape index (κ2) is 5.45. The number of carboxylic acid groups (broad SMARTS) is 1. The van der Waals surface area contributed by atoms with Crippen molar-refractivity contribution in [1.29, 1.82) is 0 Å². The molecule has 0 aliphatic carbocycles. The van der Waals surface area contributed by atoms with E-state index in [0.29, 0.717) is 0 Å². The molecule has 0 aromatic heterocycles. The van der Waals surface area contributed by atoms with E-state index in [1.54, 1.807) is 0 Å². The van der Waals surface area contributed by atoms with Gasteiger partial charge in [0.1, 0.15) is 5.82 Å². The van der Waals surface area contributed by atoms with Crippen LogP contribution in [0.3, 0.4) is 0 Å². The van der Waals surface area contributed by atoms with Gasteiger partial charge in [-0.05, 0) is 12.1 Å². The zero-order chi connectivity index (χ0) is 12.1. The molecule has 86 valence electrons. The Hall–Kier alpha value is -1.63. The van der Waals surface area contributed by atoms with Crippen LogP contribution in [-0.4, -0.2) is 21.8 Å². The van der Waals surface area contributed by atoms with Crippen LogP contribution in [-0.2, 0) is 4.79 Å². The third-order valence-corrected chi connectivity index (χ3v) is 2.76. The lowest BCUT2D eigenvalue weighted by Crippen LogP contribution is -1.97. The van der Waals surface area contributed by atoms with Crippen LogP contribution >= 0.6 is 11.8 Å². The number of carboxylic acids is 1. The van der Waals surface area contributed by atoms with E-state index < -0.39 is 16.7 Å². The van der Waals surface area contributed by atoms with Gasteiger partial charge in [0.25, 0.3) is 5.69 Å². The standard InChI is InChI=1S/C9H8FNO4S/c10-6-1-2-8(7(5-6)11(14)15)16-4-3-9(12)13/h1-2,5H,3-4H2,(H,12,13). The fourth-order valence-electron chi connectivity index (χ4n) is 1.00. The Morgan fingerprint density at radius 1 is 1.56 bits per heavy atom. The smallest absolute Gasteiger partial charge is 0.304 e. The van der Waals surface area contributed by atoms with Gasteiger partial charge in [0.2, 0.25) is 0 Å². The molecule has 0 spiro atoms. The van der Waals surface area contributed by atoms with Crippen LogP contribution in [0.2, 0.25) is 0 Å². The minimum atomic E-state index is -0.975. The molecule has 1 N–H and O–H groups in total. The molecule has 0 saturated heterocycles. The summed E-state index contributed by atoms with van der Waals surface area (Å²) in [7, 11) is 0. The molecule has 1 rings (SSSR count). The largest absolute Gasteiger partial charge is 0.481 e. The molecule has 0 atom stereocenters. The van der Waals surface area contributed by atoms with Gasteiger partial charge < -0.3 is 5.11 Å². The topological polar surface area (TPSA) is 80.4 Å². The molecule has 1 aromatic rings. The summed E-state index contributed by atoms with van der Waals surface area (Å²) < 4.78 is 12.8. The number of carbonyl (C=O) groups is 1. The summed E-state index contributed by atoms with van der Waals surface area (Å²) in [5.74, 6) is -1.45. The number of benzene rings is 1. The van der Waals surface area contributed by atoms with Crippen LogP contribution in [0.15, 0.2) is 23.1 Å². The Balaban J connectivity index is 2.78. The molecular weight excluding hydrogens is 237 g/mol. The molecule has 0 aliphatic rings. The minimum Gasteiger partial charge on any atom is -0.481 e. The second-order valence-electron chi connectivity index (χ2n) is 2.86. The molecule has 7 heteroatoms. The quantitative estimate of drug-likeness (QED) is 0.489. The van der Waals surface area contributed by atoms with Gasteiger partial charge in [0.15, 0.2) is 0 Å². The lowest BCUT2D eigenvalue weighted by molar-refractivity contribution is -0.387. The summed E-state index contributed by atoms with van der Waals surface area (Å²) in [4.78, 5) is 20.4. The maximum absolute atomic E-state index is 12.8. The average Bonchev–Trinajstić information content (AvgIpc) is 2.19. The number of halogens is 1. The summed E-state index contributed by atoms with van der Waals surface area (Å²) in [6.45, 7) is 0. The highest BCUT2D eigenvalue weighted by molar-refractivity contribution is 7.99. The van der Waals surface area contributed by atoms with Crippen molar-refractivity contribution in [2.24, 2.45) is 0 Å². The van der Waals surface area contributed by atoms with E-state index in [1.807, 2.05) is 0 Å². The van der Waals surface area contributed by atoms with Gasteiger partial charge in [-0.25, -0.2) is 4.39 Å². The average molecular weight is 245 g/mol. The Morgan fingerprint density at radius 3 is 2.81 bits per heavy atom. The zero-order valence-electron chi connectivity index (χ0n) is 8.05. The maximum atomic E-state index is 12.8. The Bertz CT molecular complexity index is 424. The van der Waals surface area contributed by atoms with Crippen molar-refractivity contribution in [3.63, 3.8) is 0 Å². The van der Waals surface area contributed by atoms with Crippen LogP contribution in [0.4, 0.5) is 10.1 Å². The van der Waals surface area contributed by atoms with Gasteiger partial charge in [0.05, 0.1) is 22.3 Å². The van der Waals surface area contributed by atoms with E-state index in [2.05, 4.69) is 0 Å². The molecule has 5 nitrogen and oxygen atoms in total. The Kier molecular flexibility index (Phi) is 4.24. The first-order valence-corrected chi connectivity index (χ1v) is 5.28. The predicted molar refractivity (Wildman–Crippen MR) is 56.0 cm³/mol. The summed E-state index contributed by atoms with van der Waals surface area (Å²) in [6.07, 6.45) is -0.0980. The van der Waals surface area contributed by atoms with Crippen molar-refractivity contribution in [2.75, 3.05) is 5.75 Å². The summed E-state index contributed by atoms with van der Waals surface area (Å²) >= 11 is 1.02. The SMILES string of the molecule is O=C(O)CCSc1ccc(F)cc1[N+](=O)[O-]. The summed E-state index contributed by atoms with van der Waals surface area (Å²) in [5.41, 5.74) is -0.338. The highest BCUT2D eigenvalue weighted by Crippen LogP contribution is 2.29. The van der Waals surface area contributed by atoms with Crippen LogP contribution in [0.1, 0.15) is 6.42 Å². The highest BCUT2D eigenvalue weighted by atomic mass is 32.2. The Morgan fingerprint density at radius 2 is 2.25 bits per heavy atom. The number of hydrogen-bond donors (Lipinski definition) is 1. The van der Waals surface area contributed by atoms with Crippen molar-refractivity contribution < 1.29 is 19.2 Å². The fraction of sp³-hybridized carbons (Fsp3) is 0.222. The molecule has 0 aliphatic heterocycles. The first-order chi connectivity index (χ1) is 7.50. The van der Waals surface area contributed by atoms with Crippen molar-refractivity contribution in [3.8, 4) is 0 Å². The van der Waals surface area contributed by atoms with Crippen molar-refractivity contribution in [3.05, 3.63) is 34.1 Å². The van der Waals surface area contributed by atoms with Gasteiger partial charge in [-0.15, -0.1) is 11.8 Å². The summed E-state index contributed by atoms with van der Waals surface area (Å²) in [5, 5.41) is 19.0. The summed E-state index contributed by atoms with van der Waals surface area (Å²) in [6, 6.07) is 3.21. The molecule has 0 unspecified atom stereocenters. The maximum Gasteiger partial charge on any atom is 0.304 e. The molecule has 0 amide bonds. The van der Waals surface area contributed by atoms with Gasteiger partial charge in [-0.3, -0.25) is 14.9 Å². The van der Waals surface area contributed by atoms with E-state index in [-0.39, 0.29) is 22.8 Å². The van der Waals surface area contributed by atoms with Crippen molar-refractivity contribution >= 4 is 23.4 Å². The Labute approximate surface area is 94.4 Å². The fourth-order valence-corrected chi connectivity index (χ4v) is 1.95. The number of nitrogens with zero attached hydrogens (tertiary/aromatic N) is 1. The predicted octanol–water partition coefficient (Wildman–Crippen LogP) is 2.30. The lowest BCUT2D eigenvalue weighted by Gasteiger charge is -2.01. The van der Waals surface area contributed by atoms with E-state index in [1.165, 1.54) is 6.07 Å². The van der Waals surface area contributed by atoms with Crippen LogP contribution in [0.25, 0.3) is 0 Å². The van der Waals surface area contributed by atoms with Crippen LogP contribution < -0.4 is 0 Å². The van der Waals surface area contributed by atoms with Crippen molar-refractivity contribution in [2.45, 2.75) is 11.3 Å². The molecular formula is C9H8FNO4S. The van der Waals surface area contributed by atoms with Gasteiger partial charge in [0, 0.05) is 5.75 Å². The molecule has 0 bridgehead atoms. The normalized spacial score (nSPS) is 10.1. The first kappa shape index (κ1) is 12.4. The third-order valence-electron chi connectivity index (χ3n) is 1.69. The second-order valence-corrected chi connectivity index (χ2v) is 4.00. The molecule has 16 heavy (non-hydrogen) atoms. The van der Waals surface area contributed by atoms with Crippen LogP contribution in [0.5, 0.6) is 0 Å². The van der Waals surface area contributed by atoms with Crippen LogP contribution in [0, 0.1) is 15.9 Å². The first-order valence-electron chi connectivity index (χ1n) is 4.29. The number of thioether (sulfide) groups is 1. The van der Waals surface area contributed by atoms with E-state index in [0.717, 1.165) is 23.9 Å². The van der Waals surface area contributed by atoms with Gasteiger partial charge in [-0.1, -0.05) is 0 Å².